The maximum absolute atomic E-state index is 13.8. The largest absolute Gasteiger partial charge is 0.368 e. The summed E-state index contributed by atoms with van der Waals surface area (Å²) >= 11 is 0. The van der Waals surface area contributed by atoms with E-state index in [4.69, 9.17) is 11.5 Å². The molecular formula is C14H16FN3O2. The van der Waals surface area contributed by atoms with Crippen LogP contribution in [0.3, 0.4) is 0 Å². The molecular weight excluding hydrogens is 261 g/mol. The van der Waals surface area contributed by atoms with E-state index in [2.05, 4.69) is 17.2 Å². The van der Waals surface area contributed by atoms with Crippen LogP contribution in [0, 0.1) is 17.7 Å². The van der Waals surface area contributed by atoms with Gasteiger partial charge in [0.25, 0.3) is 5.91 Å². The normalized spacial score (nSPS) is 10.4. The number of halogens is 1. The van der Waals surface area contributed by atoms with Crippen LogP contribution in [0.2, 0.25) is 0 Å². The molecule has 0 atom stereocenters. The molecule has 0 fully saturated rings. The fourth-order valence-electron chi connectivity index (χ4n) is 1.34. The summed E-state index contributed by atoms with van der Waals surface area (Å²) in [5, 5.41) is 2.37. The van der Waals surface area contributed by atoms with Gasteiger partial charge in [-0.2, -0.15) is 0 Å². The van der Waals surface area contributed by atoms with Crippen molar-refractivity contribution in [2.24, 2.45) is 11.5 Å². The van der Waals surface area contributed by atoms with Gasteiger partial charge in [0.05, 0.1) is 12.1 Å². The van der Waals surface area contributed by atoms with Crippen molar-refractivity contribution < 1.29 is 14.0 Å². The Morgan fingerprint density at radius 3 is 2.55 bits per heavy atom. The highest BCUT2D eigenvalue weighted by Crippen LogP contribution is 2.12. The fraction of sp³-hybridized carbons (Fsp3) is 0.286. The molecule has 0 aliphatic carbocycles. The second kappa shape index (κ2) is 6.17. The number of carbonyl (C=O) groups excluding carboxylic acids is 2. The van der Waals surface area contributed by atoms with Crippen LogP contribution >= 0.6 is 0 Å². The smallest absolute Gasteiger partial charge is 0.255 e. The lowest BCUT2D eigenvalue weighted by molar-refractivity contribution is -0.122. The molecule has 0 aromatic heterocycles. The van der Waals surface area contributed by atoms with Gasteiger partial charge < -0.3 is 16.8 Å². The predicted molar refractivity (Wildman–Crippen MR) is 73.1 cm³/mol. The maximum atomic E-state index is 13.8. The number of hydrogen-bond donors (Lipinski definition) is 3. The highest BCUT2D eigenvalue weighted by atomic mass is 19.1. The molecule has 1 aromatic carbocycles. The SMILES string of the molecule is CC(C)(NC(=O)c1ccc(C#CCN)cc1F)C(N)=O. The van der Waals surface area contributed by atoms with Crippen LogP contribution < -0.4 is 16.8 Å². The first-order valence-corrected chi connectivity index (χ1v) is 5.89. The number of amides is 2. The molecule has 0 radical (unpaired) electrons. The molecule has 1 rings (SSSR count). The quantitative estimate of drug-likeness (QED) is 0.685. The van der Waals surface area contributed by atoms with Crippen molar-refractivity contribution in [1.82, 2.24) is 5.32 Å². The van der Waals surface area contributed by atoms with Crippen LogP contribution in [0.25, 0.3) is 0 Å². The third-order valence-electron chi connectivity index (χ3n) is 2.59. The molecule has 5 nitrogen and oxygen atoms in total. The molecule has 0 aliphatic rings. The lowest BCUT2D eigenvalue weighted by atomic mass is 10.0. The van der Waals surface area contributed by atoms with Crippen molar-refractivity contribution in [2.45, 2.75) is 19.4 Å². The minimum absolute atomic E-state index is 0.163. The summed E-state index contributed by atoms with van der Waals surface area (Å²) in [7, 11) is 0. The molecule has 5 N–H and O–H groups in total. The van der Waals surface area contributed by atoms with E-state index in [1.807, 2.05) is 0 Å². The molecule has 106 valence electrons. The van der Waals surface area contributed by atoms with Crippen LogP contribution in [0.5, 0.6) is 0 Å². The maximum Gasteiger partial charge on any atom is 0.255 e. The monoisotopic (exact) mass is 277 g/mol. The van der Waals surface area contributed by atoms with Gasteiger partial charge in [0, 0.05) is 5.56 Å². The fourth-order valence-corrected chi connectivity index (χ4v) is 1.34. The Balaban J connectivity index is 2.98. The average Bonchev–Trinajstić information content (AvgIpc) is 2.35. The van der Waals surface area contributed by atoms with Crippen LogP contribution in [0.1, 0.15) is 29.8 Å². The summed E-state index contributed by atoms with van der Waals surface area (Å²) in [4.78, 5) is 23.0. The van der Waals surface area contributed by atoms with Gasteiger partial charge in [0.15, 0.2) is 0 Å². The first-order valence-electron chi connectivity index (χ1n) is 5.89. The van der Waals surface area contributed by atoms with Gasteiger partial charge in [-0.05, 0) is 32.0 Å². The Bertz CT molecular complexity index is 600. The van der Waals surface area contributed by atoms with Crippen LogP contribution in [-0.4, -0.2) is 23.9 Å². The molecule has 6 heteroatoms. The van der Waals surface area contributed by atoms with Crippen molar-refractivity contribution in [2.75, 3.05) is 6.54 Å². The van der Waals surface area contributed by atoms with Crippen molar-refractivity contribution in [1.29, 1.82) is 0 Å². The van der Waals surface area contributed by atoms with E-state index in [9.17, 15) is 14.0 Å². The van der Waals surface area contributed by atoms with E-state index < -0.39 is 23.2 Å². The van der Waals surface area contributed by atoms with Gasteiger partial charge in [0.2, 0.25) is 5.91 Å². The summed E-state index contributed by atoms with van der Waals surface area (Å²) in [6, 6.07) is 3.93. The molecule has 1 aromatic rings. The third kappa shape index (κ3) is 3.80. The van der Waals surface area contributed by atoms with E-state index in [1.54, 1.807) is 0 Å². The van der Waals surface area contributed by atoms with E-state index in [1.165, 1.54) is 26.0 Å². The van der Waals surface area contributed by atoms with Crippen LogP contribution in [0.4, 0.5) is 4.39 Å². The number of rotatable bonds is 3. The minimum atomic E-state index is -1.26. The summed E-state index contributed by atoms with van der Waals surface area (Å²) < 4.78 is 13.8. The first-order chi connectivity index (χ1) is 9.27. The summed E-state index contributed by atoms with van der Waals surface area (Å²) in [6.07, 6.45) is 0. The van der Waals surface area contributed by atoms with Gasteiger partial charge in [-0.1, -0.05) is 11.8 Å². The van der Waals surface area contributed by atoms with Crippen LogP contribution in [0.15, 0.2) is 18.2 Å². The second-order valence-electron chi connectivity index (χ2n) is 4.64. The topological polar surface area (TPSA) is 98.2 Å². The Labute approximate surface area is 116 Å². The zero-order chi connectivity index (χ0) is 15.3. The zero-order valence-electron chi connectivity index (χ0n) is 11.3. The van der Waals surface area contributed by atoms with Gasteiger partial charge >= 0.3 is 0 Å². The number of hydrogen-bond acceptors (Lipinski definition) is 3. The standard InChI is InChI=1S/C14H16FN3O2/c1-14(2,13(17)20)18-12(19)10-6-5-9(4-3-7-16)8-11(10)15/h5-6,8H,7,16H2,1-2H3,(H2,17,20)(H,18,19). The molecule has 0 unspecified atom stereocenters. The average molecular weight is 277 g/mol. The molecule has 0 aliphatic heterocycles. The Hall–Kier alpha value is -2.39. The van der Waals surface area contributed by atoms with Gasteiger partial charge in [-0.3, -0.25) is 9.59 Å². The van der Waals surface area contributed by atoms with Crippen molar-refractivity contribution in [3.8, 4) is 11.8 Å². The van der Waals surface area contributed by atoms with Gasteiger partial charge in [-0.15, -0.1) is 0 Å². The summed E-state index contributed by atoms with van der Waals surface area (Å²) in [5.41, 5.74) is 9.32. The number of benzene rings is 1. The van der Waals surface area contributed by atoms with Crippen LogP contribution in [-0.2, 0) is 4.79 Å². The van der Waals surface area contributed by atoms with E-state index in [0.717, 1.165) is 6.07 Å². The Morgan fingerprint density at radius 1 is 1.40 bits per heavy atom. The lowest BCUT2D eigenvalue weighted by Crippen LogP contribution is -2.53. The highest BCUT2D eigenvalue weighted by Gasteiger charge is 2.28. The molecule has 2 amide bonds. The molecule has 0 bridgehead atoms. The van der Waals surface area contributed by atoms with Gasteiger partial charge in [-0.25, -0.2) is 4.39 Å². The molecule has 0 heterocycles. The Morgan fingerprint density at radius 2 is 2.05 bits per heavy atom. The van der Waals surface area contributed by atoms with Crippen molar-refractivity contribution >= 4 is 11.8 Å². The lowest BCUT2D eigenvalue weighted by Gasteiger charge is -2.22. The minimum Gasteiger partial charge on any atom is -0.368 e. The van der Waals surface area contributed by atoms with Crippen molar-refractivity contribution in [3.63, 3.8) is 0 Å². The Kier molecular flexibility index (Phi) is 4.83. The molecule has 0 saturated heterocycles. The first kappa shape index (κ1) is 15.7. The van der Waals surface area contributed by atoms with E-state index in [-0.39, 0.29) is 12.1 Å². The van der Waals surface area contributed by atoms with Gasteiger partial charge in [0.1, 0.15) is 11.4 Å². The zero-order valence-corrected chi connectivity index (χ0v) is 11.3. The second-order valence-corrected chi connectivity index (χ2v) is 4.64. The summed E-state index contributed by atoms with van der Waals surface area (Å²) in [6.45, 7) is 3.04. The number of carbonyl (C=O) groups is 2. The molecule has 20 heavy (non-hydrogen) atoms. The molecule has 0 saturated carbocycles. The number of primary amides is 1. The third-order valence-corrected chi connectivity index (χ3v) is 2.59. The summed E-state index contributed by atoms with van der Waals surface area (Å²) in [5.74, 6) is 3.08. The van der Waals surface area contributed by atoms with E-state index >= 15 is 0 Å². The predicted octanol–water partition coefficient (Wildman–Crippen LogP) is 0.130. The highest BCUT2D eigenvalue weighted by molar-refractivity contribution is 5.98. The van der Waals surface area contributed by atoms with Crippen molar-refractivity contribution in [3.05, 3.63) is 35.1 Å². The number of nitrogens with two attached hydrogens (primary N) is 2. The molecule has 0 spiro atoms. The van der Waals surface area contributed by atoms with E-state index in [0.29, 0.717) is 5.56 Å². The number of nitrogens with one attached hydrogen (secondary N) is 1.